The number of rotatable bonds is 12. The molecule has 56 heavy (non-hydrogen) atoms. The van der Waals surface area contributed by atoms with Gasteiger partial charge in [0, 0.05) is 49.4 Å². The molecule has 2 amide bonds. The van der Waals surface area contributed by atoms with Gasteiger partial charge in [-0.15, -0.1) is 5.10 Å². The van der Waals surface area contributed by atoms with Gasteiger partial charge in [-0.05, 0) is 78.0 Å². The highest BCUT2D eigenvalue weighted by atomic mass is 28.3. The molecule has 5 aromatic rings. The van der Waals surface area contributed by atoms with E-state index in [1.165, 1.54) is 5.19 Å². The Balaban J connectivity index is 1.15. The molecule has 1 saturated heterocycles. The second kappa shape index (κ2) is 15.0. The number of aryl methyl sites for hydroxylation is 2. The minimum Gasteiger partial charge on any atom is -0.497 e. The first-order valence-corrected chi connectivity index (χ1v) is 22.5. The first kappa shape index (κ1) is 37.6. The molecule has 1 N–H and O–H groups in total. The number of amides is 2. The fraction of sp³-hybridized carbons (Fsp3) is 0.364. The summed E-state index contributed by atoms with van der Waals surface area (Å²) < 4.78 is 20.4. The number of hydrogen-bond donors (Lipinski definition) is 1. The molecular formula is C44H49N5O6Si. The van der Waals surface area contributed by atoms with Crippen LogP contribution < -0.4 is 24.5 Å². The Labute approximate surface area is 328 Å². The largest absolute Gasteiger partial charge is 0.497 e. The van der Waals surface area contributed by atoms with E-state index in [1.54, 1.807) is 19.1 Å². The summed E-state index contributed by atoms with van der Waals surface area (Å²) in [7, 11) is 0.952. The molecule has 8 rings (SSSR count). The lowest BCUT2D eigenvalue weighted by atomic mass is 9.82. The highest BCUT2D eigenvalue weighted by Crippen LogP contribution is 2.60. The van der Waals surface area contributed by atoms with Gasteiger partial charge >= 0.3 is 0 Å². The van der Waals surface area contributed by atoms with Crippen LogP contribution in [0.25, 0.3) is 0 Å². The smallest absolute Gasteiger partial charge is 0.264 e. The normalized spacial score (nSPS) is 21.8. The number of fused-ring (bicyclic) bond motifs is 3. The maximum Gasteiger partial charge on any atom is 0.264 e. The highest BCUT2D eigenvalue weighted by molar-refractivity contribution is 6.91. The van der Waals surface area contributed by atoms with E-state index >= 15 is 4.79 Å². The highest BCUT2D eigenvalue weighted by Gasteiger charge is 2.66. The lowest BCUT2D eigenvalue weighted by Gasteiger charge is -2.37. The maximum absolute atomic E-state index is 15.3. The third kappa shape index (κ3) is 6.39. The summed E-state index contributed by atoms with van der Waals surface area (Å²) in [6, 6.07) is 30.2. The van der Waals surface area contributed by atoms with Crippen LogP contribution in [-0.4, -0.2) is 66.9 Å². The standard InChI is InChI=1S/C44H49N5O6Si/c1-29-42(56(4,5)36-18-15-34(53-2)16-19-36)40(22-24-47-28-32(23-25-50)45-46-47)55-44(29)37-26-35(54-3)17-20-39(37)48(43(44)52)27-30-10-13-33(14-11-30)49-38-9-7-6-8-31(38)12-21-41(49)51/h6-11,13-20,26,28-29,40,42,50H,12,21-25,27H2,1-5H3/t29-,40+,42-,44+/m0/s1. The fourth-order valence-corrected chi connectivity index (χ4v) is 13.5. The van der Waals surface area contributed by atoms with Crippen molar-refractivity contribution in [3.05, 3.63) is 120 Å². The molecule has 1 aromatic heterocycles. The SMILES string of the molecule is COc1ccc([Si](C)(C)[C@@H]2[C@@H](CCn3cc(CCO)nn3)O[C@]3(C(=O)N(Cc4ccc(N5C(=O)CCc6ccccc65)cc4)c4ccc(OC)cc43)[C@H]2C)cc1. The molecule has 4 heterocycles. The Morgan fingerprint density at radius 1 is 0.911 bits per heavy atom. The van der Waals surface area contributed by atoms with Gasteiger partial charge < -0.3 is 24.2 Å². The number of aromatic nitrogens is 3. The number of nitrogens with zero attached hydrogens (tertiary/aromatic N) is 5. The number of carbonyl (C=O) groups is 2. The molecule has 3 aliphatic heterocycles. The van der Waals surface area contributed by atoms with Crippen molar-refractivity contribution in [2.45, 2.75) is 76.0 Å². The van der Waals surface area contributed by atoms with Crippen molar-refractivity contribution in [1.29, 1.82) is 0 Å². The van der Waals surface area contributed by atoms with Gasteiger partial charge in [0.15, 0.2) is 5.60 Å². The second-order valence-corrected chi connectivity index (χ2v) is 20.4. The van der Waals surface area contributed by atoms with Crippen LogP contribution in [0.15, 0.2) is 97.2 Å². The number of anilines is 3. The molecule has 11 nitrogen and oxygen atoms in total. The van der Waals surface area contributed by atoms with Crippen LogP contribution in [0.5, 0.6) is 11.5 Å². The summed E-state index contributed by atoms with van der Waals surface area (Å²) in [4.78, 5) is 32.2. The number of methoxy groups -OCH3 is 2. The second-order valence-electron chi connectivity index (χ2n) is 15.7. The predicted molar refractivity (Wildman–Crippen MR) is 218 cm³/mol. The Morgan fingerprint density at radius 2 is 1.64 bits per heavy atom. The summed E-state index contributed by atoms with van der Waals surface area (Å²) in [6.45, 7) is 7.82. The summed E-state index contributed by atoms with van der Waals surface area (Å²) >= 11 is 0. The average Bonchev–Trinajstić information content (AvgIpc) is 3.87. The third-order valence-electron chi connectivity index (χ3n) is 12.3. The molecule has 0 aliphatic carbocycles. The molecular weight excluding hydrogens is 723 g/mol. The van der Waals surface area contributed by atoms with E-state index < -0.39 is 13.7 Å². The van der Waals surface area contributed by atoms with E-state index in [9.17, 15) is 9.90 Å². The van der Waals surface area contributed by atoms with Crippen molar-refractivity contribution < 1.29 is 28.9 Å². The number of benzene rings is 4. The van der Waals surface area contributed by atoms with Gasteiger partial charge in [-0.2, -0.15) is 0 Å². The van der Waals surface area contributed by atoms with Crippen molar-refractivity contribution in [3.8, 4) is 11.5 Å². The molecule has 1 spiro atoms. The Kier molecular flexibility index (Phi) is 10.1. The topological polar surface area (TPSA) is 119 Å². The maximum atomic E-state index is 15.3. The van der Waals surface area contributed by atoms with E-state index in [0.29, 0.717) is 38.1 Å². The molecule has 4 atom stereocenters. The van der Waals surface area contributed by atoms with E-state index in [2.05, 4.69) is 48.5 Å². The van der Waals surface area contributed by atoms with E-state index in [4.69, 9.17) is 14.2 Å². The molecule has 0 saturated carbocycles. The monoisotopic (exact) mass is 771 g/mol. The third-order valence-corrected chi connectivity index (χ3v) is 16.6. The number of carbonyl (C=O) groups excluding carboxylic acids is 2. The fourth-order valence-electron chi connectivity index (χ4n) is 9.43. The van der Waals surface area contributed by atoms with Crippen LogP contribution in [0.2, 0.25) is 18.6 Å². The number of para-hydroxylation sites is 1. The quantitative estimate of drug-likeness (QED) is 0.147. The van der Waals surface area contributed by atoms with Crippen LogP contribution in [0.1, 0.15) is 42.1 Å². The Hall–Kier alpha value is -5.30. The van der Waals surface area contributed by atoms with Crippen LogP contribution >= 0.6 is 0 Å². The summed E-state index contributed by atoms with van der Waals surface area (Å²) in [5, 5.41) is 19.3. The van der Waals surface area contributed by atoms with Gasteiger partial charge in [0.05, 0.1) is 52.0 Å². The molecule has 3 aliphatic rings. The lowest BCUT2D eigenvalue weighted by molar-refractivity contribution is -0.146. The average molecular weight is 772 g/mol. The first-order chi connectivity index (χ1) is 27.1. The number of ether oxygens (including phenoxy) is 3. The van der Waals surface area contributed by atoms with Crippen molar-refractivity contribution in [3.63, 3.8) is 0 Å². The summed E-state index contributed by atoms with van der Waals surface area (Å²) in [6.07, 6.45) is 3.87. The van der Waals surface area contributed by atoms with Gasteiger partial charge in [-0.25, -0.2) is 0 Å². The van der Waals surface area contributed by atoms with E-state index in [-0.39, 0.29) is 36.0 Å². The minimum atomic E-state index is -2.36. The number of aliphatic hydroxyl groups excluding tert-OH is 1. The first-order valence-electron chi connectivity index (χ1n) is 19.4. The zero-order valence-corrected chi connectivity index (χ0v) is 33.6. The molecule has 0 radical (unpaired) electrons. The predicted octanol–water partition coefficient (Wildman–Crippen LogP) is 6.29. The van der Waals surface area contributed by atoms with Crippen molar-refractivity contribution in [1.82, 2.24) is 15.0 Å². The van der Waals surface area contributed by atoms with Crippen molar-refractivity contribution in [2.75, 3.05) is 30.6 Å². The summed E-state index contributed by atoms with van der Waals surface area (Å²) in [5.74, 6) is 1.26. The van der Waals surface area contributed by atoms with E-state index in [1.807, 2.05) is 88.6 Å². The number of aliphatic hydroxyl groups is 1. The zero-order chi connectivity index (χ0) is 39.2. The lowest BCUT2D eigenvalue weighted by Crippen LogP contribution is -2.51. The van der Waals surface area contributed by atoms with Crippen molar-refractivity contribution >= 4 is 42.1 Å². The van der Waals surface area contributed by atoms with Crippen LogP contribution in [-0.2, 0) is 45.9 Å². The Bertz CT molecular complexity index is 2240. The van der Waals surface area contributed by atoms with Crippen LogP contribution in [0, 0.1) is 5.92 Å². The van der Waals surface area contributed by atoms with Crippen LogP contribution in [0.3, 0.4) is 0 Å². The molecule has 0 bridgehead atoms. The Morgan fingerprint density at radius 3 is 2.38 bits per heavy atom. The zero-order valence-electron chi connectivity index (χ0n) is 32.6. The molecule has 12 heteroatoms. The van der Waals surface area contributed by atoms with E-state index in [0.717, 1.165) is 51.6 Å². The van der Waals surface area contributed by atoms with Gasteiger partial charge in [-0.3, -0.25) is 19.2 Å². The molecule has 1 fully saturated rings. The van der Waals surface area contributed by atoms with Crippen LogP contribution in [0.4, 0.5) is 17.1 Å². The van der Waals surface area contributed by atoms with Gasteiger partial charge in [0.1, 0.15) is 11.5 Å². The van der Waals surface area contributed by atoms with Gasteiger partial charge in [0.2, 0.25) is 5.91 Å². The molecule has 290 valence electrons. The van der Waals surface area contributed by atoms with Gasteiger partial charge in [-0.1, -0.05) is 72.9 Å². The minimum absolute atomic E-state index is 0.00641. The molecule has 4 aromatic carbocycles. The van der Waals surface area contributed by atoms with Gasteiger partial charge in [0.25, 0.3) is 5.91 Å². The molecule has 0 unspecified atom stereocenters. The van der Waals surface area contributed by atoms with Crippen molar-refractivity contribution in [2.24, 2.45) is 5.92 Å². The summed E-state index contributed by atoms with van der Waals surface area (Å²) in [5.41, 5.74) is 4.98. The number of hydrogen-bond acceptors (Lipinski definition) is 8.